The van der Waals surface area contributed by atoms with Crippen molar-refractivity contribution in [2.75, 3.05) is 38.1 Å². The summed E-state index contributed by atoms with van der Waals surface area (Å²) in [5, 5.41) is 2.51. The second kappa shape index (κ2) is 9.40. The molecule has 8 nitrogen and oxygen atoms in total. The zero-order valence-corrected chi connectivity index (χ0v) is 17.5. The van der Waals surface area contributed by atoms with E-state index in [9.17, 15) is 26.8 Å². The second-order valence-electron chi connectivity index (χ2n) is 6.67. The lowest BCUT2D eigenvalue weighted by Gasteiger charge is -2.34. The van der Waals surface area contributed by atoms with E-state index in [1.165, 1.54) is 17.0 Å². The monoisotopic (exact) mass is 453 g/mol. The molecule has 1 N–H and O–H groups in total. The van der Waals surface area contributed by atoms with E-state index in [0.717, 1.165) is 22.5 Å². The van der Waals surface area contributed by atoms with Crippen molar-refractivity contribution in [2.24, 2.45) is 0 Å². The number of hydrogen-bond acceptors (Lipinski definition) is 5. The van der Waals surface area contributed by atoms with Gasteiger partial charge in [0.2, 0.25) is 10.0 Å². The molecule has 31 heavy (non-hydrogen) atoms. The average Bonchev–Trinajstić information content (AvgIpc) is 2.74. The van der Waals surface area contributed by atoms with E-state index in [0.29, 0.717) is 11.3 Å². The van der Waals surface area contributed by atoms with E-state index in [-0.39, 0.29) is 38.7 Å². The van der Waals surface area contributed by atoms with Crippen LogP contribution in [0.1, 0.15) is 17.3 Å². The number of benzene rings is 2. The first kappa shape index (κ1) is 22.6. The average molecular weight is 453 g/mol. The van der Waals surface area contributed by atoms with Gasteiger partial charge < -0.3 is 9.64 Å². The highest BCUT2D eigenvalue weighted by Gasteiger charge is 2.34. The van der Waals surface area contributed by atoms with Crippen molar-refractivity contribution >= 4 is 27.7 Å². The summed E-state index contributed by atoms with van der Waals surface area (Å²) < 4.78 is 58.9. The molecule has 3 rings (SSSR count). The molecule has 0 spiro atoms. The van der Waals surface area contributed by atoms with Gasteiger partial charge in [0.15, 0.2) is 4.90 Å². The van der Waals surface area contributed by atoms with E-state index in [1.54, 1.807) is 19.1 Å². The first-order chi connectivity index (χ1) is 14.7. The predicted octanol–water partition coefficient (Wildman–Crippen LogP) is 2.68. The molecule has 2 aromatic carbocycles. The van der Waals surface area contributed by atoms with Gasteiger partial charge >= 0.3 is 6.09 Å². The number of nitrogens with zero attached hydrogens (tertiary/aromatic N) is 2. The first-order valence-corrected chi connectivity index (χ1v) is 11.0. The van der Waals surface area contributed by atoms with Gasteiger partial charge in [0.25, 0.3) is 5.91 Å². The fraction of sp³-hybridized carbons (Fsp3) is 0.300. The van der Waals surface area contributed by atoms with Crippen molar-refractivity contribution in [3.63, 3.8) is 0 Å². The van der Waals surface area contributed by atoms with Crippen molar-refractivity contribution < 1.29 is 31.5 Å². The molecule has 2 amide bonds. The number of piperazine rings is 1. The molecule has 0 aliphatic carbocycles. The highest BCUT2D eigenvalue weighted by atomic mass is 32.2. The minimum absolute atomic E-state index is 0.0664. The van der Waals surface area contributed by atoms with Gasteiger partial charge in [-0.25, -0.2) is 22.0 Å². The lowest BCUT2D eigenvalue weighted by Crippen LogP contribution is -2.50. The van der Waals surface area contributed by atoms with Crippen LogP contribution in [-0.4, -0.2) is 62.4 Å². The number of rotatable bonds is 5. The zero-order chi connectivity index (χ0) is 22.6. The van der Waals surface area contributed by atoms with Crippen LogP contribution in [0.5, 0.6) is 0 Å². The molecule has 1 fully saturated rings. The summed E-state index contributed by atoms with van der Waals surface area (Å²) in [7, 11) is -4.37. The highest BCUT2D eigenvalue weighted by Crippen LogP contribution is 2.24. The van der Waals surface area contributed by atoms with Crippen molar-refractivity contribution in [1.82, 2.24) is 9.21 Å². The van der Waals surface area contributed by atoms with Crippen LogP contribution in [0.25, 0.3) is 0 Å². The molecule has 1 saturated heterocycles. The molecule has 2 aromatic rings. The third-order valence-electron chi connectivity index (χ3n) is 4.70. The number of ether oxygens (including phenoxy) is 1. The molecule has 0 saturated carbocycles. The molecule has 1 aliphatic heterocycles. The molecular formula is C20H21F2N3O5S. The van der Waals surface area contributed by atoms with Crippen LogP contribution in [0.2, 0.25) is 0 Å². The Balaban J connectivity index is 1.64. The Morgan fingerprint density at radius 1 is 1.00 bits per heavy atom. The number of hydrogen-bond donors (Lipinski definition) is 1. The molecule has 1 heterocycles. The topological polar surface area (TPSA) is 96.0 Å². The largest absolute Gasteiger partial charge is 0.450 e. The van der Waals surface area contributed by atoms with Crippen LogP contribution >= 0.6 is 0 Å². The quantitative estimate of drug-likeness (QED) is 0.751. The number of carbonyl (C=O) groups is 2. The van der Waals surface area contributed by atoms with E-state index in [2.05, 4.69) is 5.32 Å². The van der Waals surface area contributed by atoms with Gasteiger partial charge in [-0.3, -0.25) is 10.1 Å². The van der Waals surface area contributed by atoms with Crippen molar-refractivity contribution in [2.45, 2.75) is 11.8 Å². The number of sulfonamides is 1. The maximum absolute atomic E-state index is 13.9. The van der Waals surface area contributed by atoms with E-state index < -0.39 is 32.6 Å². The number of amides is 2. The van der Waals surface area contributed by atoms with Gasteiger partial charge in [-0.15, -0.1) is 0 Å². The van der Waals surface area contributed by atoms with Crippen LogP contribution < -0.4 is 5.32 Å². The number of carbonyl (C=O) groups excluding carboxylic acids is 2. The normalized spacial score (nSPS) is 14.9. The summed E-state index contributed by atoms with van der Waals surface area (Å²) in [6.45, 7) is 1.86. The standard InChI is InChI=1S/C20H21F2N3O5S/c1-2-30-20(27)23-15-8-6-14(7-9-15)19(26)24-10-12-25(13-11-24)31(28,29)18-16(21)4-3-5-17(18)22/h3-9H,2,10-13H2,1H3,(H,23,27). The summed E-state index contributed by atoms with van der Waals surface area (Å²) in [5.41, 5.74) is 0.809. The Hall–Kier alpha value is -3.05. The molecule has 11 heteroatoms. The lowest BCUT2D eigenvalue weighted by atomic mass is 10.1. The summed E-state index contributed by atoms with van der Waals surface area (Å²) in [5.74, 6) is -2.64. The summed E-state index contributed by atoms with van der Waals surface area (Å²) in [6, 6.07) is 9.02. The van der Waals surface area contributed by atoms with E-state index in [4.69, 9.17) is 4.74 Å². The Morgan fingerprint density at radius 3 is 2.13 bits per heavy atom. The van der Waals surface area contributed by atoms with Crippen molar-refractivity contribution in [3.05, 3.63) is 59.7 Å². The molecule has 166 valence electrons. The van der Waals surface area contributed by atoms with E-state index >= 15 is 0 Å². The fourth-order valence-corrected chi connectivity index (χ4v) is 4.68. The van der Waals surface area contributed by atoms with Gasteiger partial charge in [-0.05, 0) is 43.3 Å². The molecule has 0 aromatic heterocycles. The molecular weight excluding hydrogens is 432 g/mol. The highest BCUT2D eigenvalue weighted by molar-refractivity contribution is 7.89. The summed E-state index contributed by atoms with van der Waals surface area (Å²) in [4.78, 5) is 24.6. The third kappa shape index (κ3) is 5.00. The van der Waals surface area contributed by atoms with Gasteiger partial charge in [-0.2, -0.15) is 4.31 Å². The zero-order valence-electron chi connectivity index (χ0n) is 16.7. The van der Waals surface area contributed by atoms with Crippen LogP contribution in [0.4, 0.5) is 19.3 Å². The first-order valence-electron chi connectivity index (χ1n) is 9.51. The minimum Gasteiger partial charge on any atom is -0.450 e. The van der Waals surface area contributed by atoms with E-state index in [1.807, 2.05) is 0 Å². The van der Waals surface area contributed by atoms with Crippen LogP contribution in [0.15, 0.2) is 47.4 Å². The molecule has 0 atom stereocenters. The Kier molecular flexibility index (Phi) is 6.86. The Labute approximate surface area is 178 Å². The van der Waals surface area contributed by atoms with Gasteiger partial charge in [0, 0.05) is 37.4 Å². The predicted molar refractivity (Wildman–Crippen MR) is 108 cm³/mol. The maximum Gasteiger partial charge on any atom is 0.411 e. The SMILES string of the molecule is CCOC(=O)Nc1ccc(C(=O)N2CCN(S(=O)(=O)c3c(F)cccc3F)CC2)cc1. The minimum atomic E-state index is -4.37. The van der Waals surface area contributed by atoms with Gasteiger partial charge in [-0.1, -0.05) is 6.07 Å². The van der Waals surface area contributed by atoms with Crippen molar-refractivity contribution in [3.8, 4) is 0 Å². The molecule has 0 bridgehead atoms. The van der Waals surface area contributed by atoms with Gasteiger partial charge in [0.1, 0.15) is 11.6 Å². The molecule has 0 radical (unpaired) electrons. The van der Waals surface area contributed by atoms with Crippen LogP contribution in [0.3, 0.4) is 0 Å². The second-order valence-corrected chi connectivity index (χ2v) is 8.54. The fourth-order valence-electron chi connectivity index (χ4n) is 3.15. The number of halogens is 2. The summed E-state index contributed by atoms with van der Waals surface area (Å²) >= 11 is 0. The third-order valence-corrected chi connectivity index (χ3v) is 6.65. The maximum atomic E-state index is 13.9. The number of nitrogens with one attached hydrogen (secondary N) is 1. The van der Waals surface area contributed by atoms with Gasteiger partial charge in [0.05, 0.1) is 6.61 Å². The molecule has 1 aliphatic rings. The summed E-state index contributed by atoms with van der Waals surface area (Å²) in [6.07, 6.45) is -0.606. The Morgan fingerprint density at radius 2 is 1.58 bits per heavy atom. The lowest BCUT2D eigenvalue weighted by molar-refractivity contribution is 0.0697. The number of anilines is 1. The smallest absolute Gasteiger partial charge is 0.411 e. The van der Waals surface area contributed by atoms with Crippen molar-refractivity contribution in [1.29, 1.82) is 0 Å². The van der Waals surface area contributed by atoms with Crippen LogP contribution in [-0.2, 0) is 14.8 Å². The van der Waals surface area contributed by atoms with Crippen LogP contribution in [0, 0.1) is 11.6 Å². The Bertz CT molecular complexity index is 1050. The molecule has 0 unspecified atom stereocenters.